The zero-order valence-electron chi connectivity index (χ0n) is 47.3. The SMILES string of the molecule is CO[C@@H]1C(C(=O)NCCOCCOCC(O)COCCCCOCC(O)COCC2O[C@@H](C)C(NC(C)=O)[C@@H](O[C@@H]3OC(C(=O)NCCOCCO)[C@@H](OC)[C@H](O)C3O)[C@@H]2O)O[C@@H](O[C@@H]2C(NC(C)=O)[C@H](C)OC(CO)[C@H]2O)C(O)[C@H]1O. The zero-order valence-corrected chi connectivity index (χ0v) is 47.3. The van der Waals surface area contributed by atoms with Gasteiger partial charge in [-0.05, 0) is 26.7 Å². The van der Waals surface area contributed by atoms with Gasteiger partial charge in [-0.1, -0.05) is 0 Å². The van der Waals surface area contributed by atoms with E-state index in [2.05, 4.69) is 21.3 Å². The molecule has 0 saturated carbocycles. The summed E-state index contributed by atoms with van der Waals surface area (Å²) in [6, 6.07) is -1.95. The van der Waals surface area contributed by atoms with Gasteiger partial charge >= 0.3 is 0 Å². The molecule has 478 valence electrons. The van der Waals surface area contributed by atoms with Gasteiger partial charge in [0.1, 0.15) is 85.5 Å². The molecule has 0 aromatic carbocycles. The molecule has 0 aliphatic carbocycles. The van der Waals surface area contributed by atoms with Gasteiger partial charge in [-0.2, -0.15) is 0 Å². The van der Waals surface area contributed by atoms with E-state index < -0.39 is 165 Å². The second kappa shape index (κ2) is 37.5. The van der Waals surface area contributed by atoms with E-state index in [4.69, 9.17) is 71.4 Å². The summed E-state index contributed by atoms with van der Waals surface area (Å²) >= 11 is 0. The molecule has 4 heterocycles. The van der Waals surface area contributed by atoms with Crippen LogP contribution in [0, 0.1) is 0 Å². The maximum absolute atomic E-state index is 13.2. The molecule has 10 unspecified atom stereocenters. The molecule has 4 aliphatic rings. The molecule has 0 spiro atoms. The first-order valence-electron chi connectivity index (χ1n) is 27.4. The molecule has 0 bridgehead atoms. The first-order chi connectivity index (χ1) is 39.2. The van der Waals surface area contributed by atoms with Crippen LogP contribution < -0.4 is 21.3 Å². The van der Waals surface area contributed by atoms with E-state index >= 15 is 0 Å². The first-order valence-corrected chi connectivity index (χ1v) is 27.4. The van der Waals surface area contributed by atoms with Crippen molar-refractivity contribution >= 4 is 23.6 Å². The fourth-order valence-electron chi connectivity index (χ4n) is 9.47. The molecular formula is C50H90N4O28. The number of unbranched alkanes of at least 4 members (excludes halogenated alkanes) is 1. The van der Waals surface area contributed by atoms with Crippen LogP contribution in [0.5, 0.6) is 0 Å². The standard InChI is InChI=1S/C50H90N4O28/c1-25-33(53-27(3)57)41(35(61)31(19-56)77-25)79-49-39(65)37(63)43(69-5)46(81-49)48(68)52-10-15-72-17-18-75-22-29(59)20-73-12-7-8-13-74-21-30(60)23-76-24-32-36(62)42(34(26(2)78-32)54-28(4)58)80-50-40(66)38(64)44(70-6)45(82-50)47(67)51-9-14-71-16-11-55/h25-26,29-46,49-50,55-56,59-66H,7-24H2,1-6H3,(H,51,67)(H,52,68)(H,53,57)(H,54,58)/t25-,26-,29?,30?,31?,32?,33?,34?,35+,36+,37+,38+,39?,40?,41+,42+,43-,44-,45?,46?,49+,50+/m0/s1. The van der Waals surface area contributed by atoms with Gasteiger partial charge in [0.2, 0.25) is 11.8 Å². The summed E-state index contributed by atoms with van der Waals surface area (Å²) in [4.78, 5) is 50.4. The number of methoxy groups -OCH3 is 2. The van der Waals surface area contributed by atoms with E-state index in [1.54, 1.807) is 13.8 Å². The molecule has 14 N–H and O–H groups in total. The van der Waals surface area contributed by atoms with E-state index in [0.717, 1.165) is 0 Å². The fourth-order valence-corrected chi connectivity index (χ4v) is 9.47. The molecule has 0 radical (unpaired) electrons. The van der Waals surface area contributed by atoms with Crippen LogP contribution in [-0.4, -0.2) is 329 Å². The second-order valence-electron chi connectivity index (χ2n) is 20.1. The van der Waals surface area contributed by atoms with Crippen molar-refractivity contribution in [2.24, 2.45) is 0 Å². The molecule has 4 amide bonds. The predicted molar refractivity (Wildman–Crippen MR) is 275 cm³/mol. The highest BCUT2D eigenvalue weighted by Gasteiger charge is 2.54. The predicted octanol–water partition coefficient (Wildman–Crippen LogP) is -8.20. The lowest BCUT2D eigenvalue weighted by Crippen LogP contribution is -2.68. The molecule has 4 fully saturated rings. The van der Waals surface area contributed by atoms with Crippen molar-refractivity contribution in [3.63, 3.8) is 0 Å². The molecule has 4 rings (SSSR count). The number of amides is 4. The Morgan fingerprint density at radius 1 is 0.488 bits per heavy atom. The van der Waals surface area contributed by atoms with E-state index in [1.807, 2.05) is 0 Å². The van der Waals surface area contributed by atoms with Gasteiger partial charge in [0, 0.05) is 54.4 Å². The molecule has 32 heteroatoms. The van der Waals surface area contributed by atoms with Crippen molar-refractivity contribution in [3.05, 3.63) is 0 Å². The summed E-state index contributed by atoms with van der Waals surface area (Å²) in [6.07, 6.45) is -26.0. The van der Waals surface area contributed by atoms with E-state index in [9.17, 15) is 65.1 Å². The normalized spacial score (nSPS) is 34.9. The minimum Gasteiger partial charge on any atom is -0.394 e. The van der Waals surface area contributed by atoms with Crippen LogP contribution in [0.4, 0.5) is 0 Å². The van der Waals surface area contributed by atoms with Gasteiger partial charge in [-0.3, -0.25) is 19.2 Å². The van der Waals surface area contributed by atoms with Gasteiger partial charge in [0.05, 0.1) is 104 Å². The van der Waals surface area contributed by atoms with Crippen LogP contribution in [0.2, 0.25) is 0 Å². The van der Waals surface area contributed by atoms with Gasteiger partial charge in [0.25, 0.3) is 11.8 Å². The fraction of sp³-hybridized carbons (Fsp3) is 0.920. The lowest BCUT2D eigenvalue weighted by molar-refractivity contribution is -0.326. The Balaban J connectivity index is 1.06. The smallest absolute Gasteiger partial charge is 0.252 e. The van der Waals surface area contributed by atoms with Crippen LogP contribution in [0.25, 0.3) is 0 Å². The highest BCUT2D eigenvalue weighted by molar-refractivity contribution is 5.82. The Labute approximate surface area is 475 Å². The van der Waals surface area contributed by atoms with Crippen molar-refractivity contribution in [1.82, 2.24) is 21.3 Å². The lowest BCUT2D eigenvalue weighted by atomic mass is 9.92. The monoisotopic (exact) mass is 1190 g/mol. The number of ether oxygens (including phenoxy) is 14. The average molecular weight is 1200 g/mol. The number of aliphatic hydroxyl groups is 10. The molecule has 4 saturated heterocycles. The van der Waals surface area contributed by atoms with E-state index in [1.165, 1.54) is 28.1 Å². The Hall–Kier alpha value is -3.08. The number of aliphatic hydroxyl groups excluding tert-OH is 10. The first kappa shape index (κ1) is 71.4. The van der Waals surface area contributed by atoms with Crippen molar-refractivity contribution < 1.29 is 137 Å². The highest BCUT2D eigenvalue weighted by atomic mass is 16.7. The quantitative estimate of drug-likeness (QED) is 0.0257. The van der Waals surface area contributed by atoms with E-state index in [0.29, 0.717) is 19.4 Å². The van der Waals surface area contributed by atoms with Crippen LogP contribution in [-0.2, 0) is 85.5 Å². The number of carbonyl (C=O) groups is 4. The second-order valence-corrected chi connectivity index (χ2v) is 20.1. The molecule has 82 heavy (non-hydrogen) atoms. The van der Waals surface area contributed by atoms with Crippen molar-refractivity contribution in [1.29, 1.82) is 0 Å². The van der Waals surface area contributed by atoms with Gasteiger partial charge in [-0.15, -0.1) is 0 Å². The molecule has 22 atom stereocenters. The summed E-state index contributed by atoms with van der Waals surface area (Å²) in [5, 5.41) is 116. The van der Waals surface area contributed by atoms with E-state index in [-0.39, 0.29) is 92.4 Å². The molecule has 4 aliphatic heterocycles. The summed E-state index contributed by atoms with van der Waals surface area (Å²) in [5.41, 5.74) is 0. The third kappa shape index (κ3) is 22.0. The average Bonchev–Trinajstić information content (AvgIpc) is 2.79. The maximum Gasteiger partial charge on any atom is 0.252 e. The van der Waals surface area contributed by atoms with Crippen LogP contribution in [0.1, 0.15) is 40.5 Å². The van der Waals surface area contributed by atoms with Crippen LogP contribution in [0.15, 0.2) is 0 Å². The third-order valence-corrected chi connectivity index (χ3v) is 13.6. The van der Waals surface area contributed by atoms with Crippen molar-refractivity contribution in [3.8, 4) is 0 Å². The molecule has 32 nitrogen and oxygen atoms in total. The third-order valence-electron chi connectivity index (χ3n) is 13.6. The molecule has 0 aromatic heterocycles. The molecule has 0 aromatic rings. The number of hydrogen-bond donors (Lipinski definition) is 14. The highest BCUT2D eigenvalue weighted by Crippen LogP contribution is 2.32. The summed E-state index contributed by atoms with van der Waals surface area (Å²) in [7, 11) is 2.43. The Morgan fingerprint density at radius 2 is 0.890 bits per heavy atom. The minimum atomic E-state index is -1.76. The number of nitrogens with one attached hydrogen (secondary N) is 4. The Kier molecular flexibility index (Phi) is 32.6. The Bertz CT molecular complexity index is 1840. The van der Waals surface area contributed by atoms with Gasteiger partial charge in [-0.25, -0.2) is 0 Å². The van der Waals surface area contributed by atoms with Gasteiger partial charge < -0.3 is 139 Å². The van der Waals surface area contributed by atoms with Crippen LogP contribution >= 0.6 is 0 Å². The van der Waals surface area contributed by atoms with Crippen molar-refractivity contribution in [2.45, 2.75) is 175 Å². The minimum absolute atomic E-state index is 0.00235. The summed E-state index contributed by atoms with van der Waals surface area (Å²) in [5.74, 6) is -2.42. The summed E-state index contributed by atoms with van der Waals surface area (Å²) < 4.78 is 78.4. The summed E-state index contributed by atoms with van der Waals surface area (Å²) in [6.45, 7) is 5.30. The Morgan fingerprint density at radius 3 is 1.32 bits per heavy atom. The number of carbonyl (C=O) groups excluding carboxylic acids is 4. The maximum atomic E-state index is 13.2. The van der Waals surface area contributed by atoms with Crippen molar-refractivity contribution in [2.75, 3.05) is 120 Å². The number of rotatable bonds is 37. The van der Waals surface area contributed by atoms with Gasteiger partial charge in [0.15, 0.2) is 24.8 Å². The topological polar surface area (TPSA) is 448 Å². The van der Waals surface area contributed by atoms with Crippen LogP contribution in [0.3, 0.4) is 0 Å². The molecular weight excluding hydrogens is 1100 g/mol. The zero-order chi connectivity index (χ0) is 60.5. The lowest BCUT2D eigenvalue weighted by Gasteiger charge is -2.47. The number of hydrogen-bond acceptors (Lipinski definition) is 28. The largest absolute Gasteiger partial charge is 0.394 e.